The third-order valence-corrected chi connectivity index (χ3v) is 4.53. The number of hydrogen-bond donors (Lipinski definition) is 0. The summed E-state index contributed by atoms with van der Waals surface area (Å²) in [6, 6.07) is 0.196. The summed E-state index contributed by atoms with van der Waals surface area (Å²) in [5.41, 5.74) is 0. The molecule has 3 saturated carbocycles. The Morgan fingerprint density at radius 1 is 0.917 bits per heavy atom. The van der Waals surface area contributed by atoms with E-state index in [1.54, 1.807) is 0 Å². The van der Waals surface area contributed by atoms with E-state index >= 15 is 0 Å². The van der Waals surface area contributed by atoms with Crippen molar-refractivity contribution in [1.29, 1.82) is 0 Å². The lowest BCUT2D eigenvalue weighted by atomic mass is 9.75. The summed E-state index contributed by atoms with van der Waals surface area (Å²) in [7, 11) is 0. The normalized spacial score (nSPS) is 55.8. The van der Waals surface area contributed by atoms with E-state index in [0.717, 1.165) is 24.2 Å². The molecule has 0 aromatic rings. The molecule has 0 heterocycles. The zero-order chi connectivity index (χ0) is 8.13. The molecule has 66 valence electrons. The molecule has 0 N–H and O–H groups in total. The van der Waals surface area contributed by atoms with E-state index in [-0.39, 0.29) is 6.04 Å². The summed E-state index contributed by atoms with van der Waals surface area (Å²) in [4.78, 5) is 10.6. The van der Waals surface area contributed by atoms with Crippen molar-refractivity contribution in [2.24, 2.45) is 28.8 Å². The van der Waals surface area contributed by atoms with Crippen molar-refractivity contribution in [2.75, 3.05) is 0 Å². The highest BCUT2D eigenvalue weighted by molar-refractivity contribution is 5.01. The van der Waals surface area contributed by atoms with Crippen LogP contribution in [0.25, 0.3) is 0 Å². The second-order valence-corrected chi connectivity index (χ2v) is 4.90. The van der Waals surface area contributed by atoms with Crippen LogP contribution in [0, 0.1) is 28.6 Å². The minimum atomic E-state index is 0.196. The van der Waals surface area contributed by atoms with Gasteiger partial charge in [0.05, 0.1) is 6.04 Å². The molecule has 3 bridgehead atoms. The summed E-state index contributed by atoms with van der Waals surface area (Å²) >= 11 is 0. The highest BCUT2D eigenvalue weighted by Gasteiger charge is 2.50. The molecule has 0 aromatic carbocycles. The number of hydrogen-bond acceptors (Lipinski definition) is 2. The molecule has 0 aliphatic heterocycles. The van der Waals surface area contributed by atoms with Crippen molar-refractivity contribution in [1.82, 2.24) is 0 Å². The molecule has 2 nitrogen and oxygen atoms in total. The summed E-state index contributed by atoms with van der Waals surface area (Å²) < 4.78 is 0. The van der Waals surface area contributed by atoms with Gasteiger partial charge in [0.15, 0.2) is 0 Å². The molecule has 5 atom stereocenters. The Hall–Kier alpha value is -0.400. The van der Waals surface area contributed by atoms with E-state index in [9.17, 15) is 4.91 Å². The maximum absolute atomic E-state index is 10.6. The van der Waals surface area contributed by atoms with Gasteiger partial charge in [-0.25, -0.2) is 0 Å². The van der Waals surface area contributed by atoms with Gasteiger partial charge < -0.3 is 0 Å². The van der Waals surface area contributed by atoms with Gasteiger partial charge >= 0.3 is 0 Å². The Morgan fingerprint density at radius 3 is 2.58 bits per heavy atom. The molecule has 3 aliphatic carbocycles. The van der Waals surface area contributed by atoms with Crippen LogP contribution in [0.5, 0.6) is 0 Å². The maximum Gasteiger partial charge on any atom is 0.0953 e. The molecule has 2 heteroatoms. The van der Waals surface area contributed by atoms with Crippen molar-refractivity contribution in [3.63, 3.8) is 0 Å². The van der Waals surface area contributed by atoms with Crippen molar-refractivity contribution < 1.29 is 0 Å². The molecule has 12 heavy (non-hydrogen) atoms. The molecule has 0 radical (unpaired) electrons. The van der Waals surface area contributed by atoms with E-state index in [4.69, 9.17) is 0 Å². The van der Waals surface area contributed by atoms with Crippen molar-refractivity contribution in [3.8, 4) is 0 Å². The van der Waals surface area contributed by atoms with Gasteiger partial charge in [0, 0.05) is 0 Å². The quantitative estimate of drug-likeness (QED) is 0.549. The summed E-state index contributed by atoms with van der Waals surface area (Å²) in [6.45, 7) is 0. The Morgan fingerprint density at radius 2 is 1.75 bits per heavy atom. The van der Waals surface area contributed by atoms with Crippen LogP contribution in [0.2, 0.25) is 0 Å². The molecular weight excluding hydrogens is 150 g/mol. The topological polar surface area (TPSA) is 29.4 Å². The van der Waals surface area contributed by atoms with E-state index in [1.165, 1.54) is 25.7 Å². The first-order valence-electron chi connectivity index (χ1n) is 5.21. The minimum absolute atomic E-state index is 0.196. The lowest BCUT2D eigenvalue weighted by Crippen LogP contribution is -2.29. The SMILES string of the molecule is O=NC1CC2CC3CC2CCC31. The first-order chi connectivity index (χ1) is 5.88. The highest BCUT2D eigenvalue weighted by Crippen LogP contribution is 2.56. The molecule has 5 unspecified atom stereocenters. The van der Waals surface area contributed by atoms with E-state index in [1.807, 2.05) is 0 Å². The van der Waals surface area contributed by atoms with Crippen LogP contribution in [0.4, 0.5) is 0 Å². The predicted molar refractivity (Wildman–Crippen MR) is 46.6 cm³/mol. The standard InChI is InChI=1S/C10H15NO/c12-11-10-5-7-4-8-3-6(7)1-2-9(8)10/h6-10H,1-5H2. The Balaban J connectivity index is 1.94. The lowest BCUT2D eigenvalue weighted by molar-refractivity contribution is 0.205. The summed E-state index contributed by atoms with van der Waals surface area (Å²) in [6.07, 6.45) is 6.64. The minimum Gasteiger partial charge on any atom is -0.151 e. The fourth-order valence-electron chi connectivity index (χ4n) is 4.01. The maximum atomic E-state index is 10.6. The Bertz CT molecular complexity index is 214. The molecule has 0 spiro atoms. The van der Waals surface area contributed by atoms with Crippen LogP contribution in [0.3, 0.4) is 0 Å². The van der Waals surface area contributed by atoms with Gasteiger partial charge in [-0.15, -0.1) is 0 Å². The first-order valence-corrected chi connectivity index (χ1v) is 5.21. The van der Waals surface area contributed by atoms with Gasteiger partial charge in [-0.3, -0.25) is 0 Å². The fraction of sp³-hybridized carbons (Fsp3) is 1.00. The van der Waals surface area contributed by atoms with Crippen molar-refractivity contribution in [2.45, 2.75) is 38.1 Å². The number of rotatable bonds is 1. The molecule has 0 saturated heterocycles. The average molecular weight is 165 g/mol. The van der Waals surface area contributed by atoms with Gasteiger partial charge in [-0.05, 0) is 55.8 Å². The zero-order valence-electron chi connectivity index (χ0n) is 7.28. The van der Waals surface area contributed by atoms with Crippen LogP contribution in [0.1, 0.15) is 32.1 Å². The van der Waals surface area contributed by atoms with Gasteiger partial charge in [-0.2, -0.15) is 4.91 Å². The monoisotopic (exact) mass is 165 g/mol. The average Bonchev–Trinajstić information content (AvgIpc) is 2.29. The molecular formula is C10H15NO. The second kappa shape index (κ2) is 2.30. The molecule has 3 aliphatic rings. The van der Waals surface area contributed by atoms with Crippen LogP contribution < -0.4 is 0 Å². The number of nitrogens with zero attached hydrogens (tertiary/aromatic N) is 1. The molecule has 0 aromatic heterocycles. The smallest absolute Gasteiger partial charge is 0.0953 e. The van der Waals surface area contributed by atoms with E-state index in [0.29, 0.717) is 5.92 Å². The first kappa shape index (κ1) is 7.05. The van der Waals surface area contributed by atoms with E-state index < -0.39 is 0 Å². The number of fused-ring (bicyclic) bond motifs is 3. The van der Waals surface area contributed by atoms with Crippen molar-refractivity contribution >= 4 is 0 Å². The zero-order valence-corrected chi connectivity index (χ0v) is 7.28. The van der Waals surface area contributed by atoms with Crippen molar-refractivity contribution in [3.05, 3.63) is 4.91 Å². The number of nitroso groups, excluding NO2 is 1. The van der Waals surface area contributed by atoms with Gasteiger partial charge in [0.25, 0.3) is 0 Å². The van der Waals surface area contributed by atoms with Crippen LogP contribution in [0.15, 0.2) is 5.18 Å². The third kappa shape index (κ3) is 0.758. The third-order valence-electron chi connectivity index (χ3n) is 4.53. The molecule has 0 amide bonds. The second-order valence-electron chi connectivity index (χ2n) is 4.90. The summed E-state index contributed by atoms with van der Waals surface area (Å²) in [5.74, 6) is 3.40. The van der Waals surface area contributed by atoms with Crippen LogP contribution in [-0.4, -0.2) is 6.04 Å². The van der Waals surface area contributed by atoms with Gasteiger partial charge in [0.1, 0.15) is 0 Å². The van der Waals surface area contributed by atoms with Gasteiger partial charge in [-0.1, -0.05) is 5.18 Å². The largest absolute Gasteiger partial charge is 0.151 e. The van der Waals surface area contributed by atoms with Crippen LogP contribution in [-0.2, 0) is 0 Å². The Kier molecular flexibility index (Phi) is 1.35. The predicted octanol–water partition coefficient (Wildman–Crippen LogP) is 2.58. The fourth-order valence-corrected chi connectivity index (χ4v) is 4.01. The van der Waals surface area contributed by atoms with Crippen LogP contribution >= 0.6 is 0 Å². The lowest BCUT2D eigenvalue weighted by Gasteiger charge is -2.31. The highest BCUT2D eigenvalue weighted by atomic mass is 16.3. The molecule has 3 fully saturated rings. The summed E-state index contributed by atoms with van der Waals surface area (Å²) in [5, 5.41) is 3.32. The van der Waals surface area contributed by atoms with E-state index in [2.05, 4.69) is 5.18 Å². The van der Waals surface area contributed by atoms with Gasteiger partial charge in [0.2, 0.25) is 0 Å². The molecule has 3 rings (SSSR count). The Labute approximate surface area is 72.7 Å².